The maximum Gasteiger partial charge on any atom is 0.191 e. The summed E-state index contributed by atoms with van der Waals surface area (Å²) in [5.74, 6) is 1.42. The highest BCUT2D eigenvalue weighted by molar-refractivity contribution is 14.0. The van der Waals surface area contributed by atoms with E-state index >= 15 is 0 Å². The number of guanidine groups is 1. The van der Waals surface area contributed by atoms with E-state index in [4.69, 9.17) is 4.74 Å². The van der Waals surface area contributed by atoms with E-state index in [-0.39, 0.29) is 30.5 Å². The lowest BCUT2D eigenvalue weighted by Gasteiger charge is -2.34. The second-order valence-electron chi connectivity index (χ2n) is 7.63. The number of hydrogen-bond acceptors (Lipinski definition) is 4. The highest BCUT2D eigenvalue weighted by atomic mass is 127. The standard InChI is InChI=1S/C18H37N3O3S.HI/c1-6-19-17(21-16(4)9-7-8-15(2)3)20-14-18(25(5,22)23)10-12-24-13-11-18;/h15-16H,6-14H2,1-5H3,(H2,19,20,21);1H. The summed E-state index contributed by atoms with van der Waals surface area (Å²) in [6.07, 6.45) is 5.82. The van der Waals surface area contributed by atoms with Crippen LogP contribution < -0.4 is 10.6 Å². The van der Waals surface area contributed by atoms with Crippen LogP contribution in [0.2, 0.25) is 0 Å². The van der Waals surface area contributed by atoms with Crippen molar-refractivity contribution >= 4 is 39.8 Å². The van der Waals surface area contributed by atoms with Crippen molar-refractivity contribution in [3.05, 3.63) is 0 Å². The Bertz CT molecular complexity index is 518. The fourth-order valence-electron chi connectivity index (χ4n) is 3.07. The minimum Gasteiger partial charge on any atom is -0.381 e. The first kappa shape index (κ1) is 25.9. The summed E-state index contributed by atoms with van der Waals surface area (Å²) in [7, 11) is -3.19. The van der Waals surface area contributed by atoms with E-state index in [0.29, 0.717) is 38.1 Å². The van der Waals surface area contributed by atoms with E-state index < -0.39 is 14.6 Å². The van der Waals surface area contributed by atoms with E-state index in [2.05, 4.69) is 36.4 Å². The number of nitrogens with one attached hydrogen (secondary N) is 2. The molecule has 6 nitrogen and oxygen atoms in total. The molecule has 0 aromatic carbocycles. The Balaban J connectivity index is 0.00000625. The zero-order valence-electron chi connectivity index (χ0n) is 17.0. The molecule has 0 spiro atoms. The zero-order chi connectivity index (χ0) is 18.9. The lowest BCUT2D eigenvalue weighted by atomic mass is 9.99. The molecule has 1 rings (SSSR count). The average molecular weight is 503 g/mol. The van der Waals surface area contributed by atoms with Gasteiger partial charge in [0.15, 0.2) is 15.8 Å². The number of hydrogen-bond donors (Lipinski definition) is 2. The van der Waals surface area contributed by atoms with Gasteiger partial charge >= 0.3 is 0 Å². The summed E-state index contributed by atoms with van der Waals surface area (Å²) in [4.78, 5) is 4.62. The average Bonchev–Trinajstić information content (AvgIpc) is 2.52. The van der Waals surface area contributed by atoms with Crippen LogP contribution in [0.1, 0.15) is 59.8 Å². The Morgan fingerprint density at radius 1 is 1.19 bits per heavy atom. The van der Waals surface area contributed by atoms with Crippen LogP contribution in [0.25, 0.3) is 0 Å². The molecule has 1 atom stereocenters. The van der Waals surface area contributed by atoms with E-state index in [1.807, 2.05) is 6.92 Å². The normalized spacial score (nSPS) is 18.9. The number of rotatable bonds is 9. The molecule has 0 aliphatic carbocycles. The summed E-state index contributed by atoms with van der Waals surface area (Å²) < 4.78 is 29.2. The fraction of sp³-hybridized carbons (Fsp3) is 0.944. The molecule has 156 valence electrons. The molecule has 2 N–H and O–H groups in total. The Morgan fingerprint density at radius 2 is 1.81 bits per heavy atom. The SMILES string of the molecule is CCNC(=NCC1(S(C)(=O)=O)CCOCC1)NC(C)CCCC(C)C.I. The van der Waals surface area contributed by atoms with E-state index in [0.717, 1.165) is 18.9 Å². The van der Waals surface area contributed by atoms with Crippen molar-refractivity contribution in [2.45, 2.75) is 70.6 Å². The number of sulfone groups is 1. The summed E-state index contributed by atoms with van der Waals surface area (Å²) in [6.45, 7) is 10.6. The zero-order valence-corrected chi connectivity index (χ0v) is 20.2. The first-order valence-electron chi connectivity index (χ1n) is 9.52. The van der Waals surface area contributed by atoms with Crippen molar-refractivity contribution in [2.75, 3.05) is 32.6 Å². The minimum absolute atomic E-state index is 0. The molecule has 0 aromatic heterocycles. The Morgan fingerprint density at radius 3 is 2.31 bits per heavy atom. The van der Waals surface area contributed by atoms with Gasteiger partial charge in [-0.05, 0) is 39.0 Å². The van der Waals surface area contributed by atoms with Gasteiger partial charge < -0.3 is 15.4 Å². The molecular formula is C18H38IN3O3S. The van der Waals surface area contributed by atoms with Gasteiger partial charge in [0.1, 0.15) is 0 Å². The number of halogens is 1. The first-order chi connectivity index (χ1) is 11.7. The molecular weight excluding hydrogens is 465 g/mol. The van der Waals surface area contributed by atoms with Crippen molar-refractivity contribution in [2.24, 2.45) is 10.9 Å². The number of ether oxygens (including phenoxy) is 1. The predicted octanol–water partition coefficient (Wildman–Crippen LogP) is 2.97. The van der Waals surface area contributed by atoms with Crippen LogP contribution in [0.15, 0.2) is 4.99 Å². The summed E-state index contributed by atoms with van der Waals surface area (Å²) in [6, 6.07) is 0.306. The van der Waals surface area contributed by atoms with Gasteiger partial charge in [0.05, 0.1) is 11.3 Å². The summed E-state index contributed by atoms with van der Waals surface area (Å²) in [5.41, 5.74) is 0. The molecule has 0 bridgehead atoms. The van der Waals surface area contributed by atoms with E-state index in [9.17, 15) is 8.42 Å². The van der Waals surface area contributed by atoms with Gasteiger partial charge in [-0.1, -0.05) is 26.7 Å². The van der Waals surface area contributed by atoms with Crippen molar-refractivity contribution in [1.29, 1.82) is 0 Å². The predicted molar refractivity (Wildman–Crippen MR) is 120 cm³/mol. The van der Waals surface area contributed by atoms with Gasteiger partial charge in [0.2, 0.25) is 0 Å². The van der Waals surface area contributed by atoms with Crippen LogP contribution in [0.3, 0.4) is 0 Å². The van der Waals surface area contributed by atoms with Gasteiger partial charge in [-0.2, -0.15) is 0 Å². The molecule has 1 aliphatic heterocycles. The van der Waals surface area contributed by atoms with E-state index in [1.54, 1.807) is 0 Å². The Labute approximate surface area is 177 Å². The van der Waals surface area contributed by atoms with Gasteiger partial charge in [-0.25, -0.2) is 8.42 Å². The minimum atomic E-state index is -3.19. The third-order valence-electron chi connectivity index (χ3n) is 4.86. The van der Waals surface area contributed by atoms with Gasteiger partial charge in [0.25, 0.3) is 0 Å². The Kier molecular flexibility index (Phi) is 12.3. The van der Waals surface area contributed by atoms with Gasteiger partial charge in [0, 0.05) is 32.1 Å². The monoisotopic (exact) mass is 503 g/mol. The molecule has 0 radical (unpaired) electrons. The molecule has 0 amide bonds. The highest BCUT2D eigenvalue weighted by Crippen LogP contribution is 2.29. The van der Waals surface area contributed by atoms with Crippen LogP contribution in [-0.2, 0) is 14.6 Å². The molecule has 1 unspecified atom stereocenters. The summed E-state index contributed by atoms with van der Waals surface area (Å²) in [5, 5.41) is 6.65. The molecule has 0 saturated carbocycles. The second kappa shape index (κ2) is 12.4. The van der Waals surface area contributed by atoms with Gasteiger partial charge in [-0.3, -0.25) is 4.99 Å². The third kappa shape index (κ3) is 8.73. The van der Waals surface area contributed by atoms with E-state index in [1.165, 1.54) is 19.1 Å². The molecule has 1 fully saturated rings. The van der Waals surface area contributed by atoms with Crippen LogP contribution in [0, 0.1) is 5.92 Å². The molecule has 26 heavy (non-hydrogen) atoms. The van der Waals surface area contributed by atoms with Gasteiger partial charge in [-0.15, -0.1) is 24.0 Å². The van der Waals surface area contributed by atoms with Crippen LogP contribution >= 0.6 is 24.0 Å². The third-order valence-corrected chi connectivity index (χ3v) is 6.97. The van der Waals surface area contributed by atoms with Crippen molar-refractivity contribution in [3.8, 4) is 0 Å². The number of nitrogens with zero attached hydrogens (tertiary/aromatic N) is 1. The lowest BCUT2D eigenvalue weighted by molar-refractivity contribution is 0.0768. The molecule has 1 aliphatic rings. The topological polar surface area (TPSA) is 79.8 Å². The quantitative estimate of drug-likeness (QED) is 0.287. The second-order valence-corrected chi connectivity index (χ2v) is 10.0. The summed E-state index contributed by atoms with van der Waals surface area (Å²) >= 11 is 0. The molecule has 8 heteroatoms. The van der Waals surface area contributed by atoms with Crippen LogP contribution in [0.5, 0.6) is 0 Å². The maximum atomic E-state index is 12.3. The maximum absolute atomic E-state index is 12.3. The van der Waals surface area contributed by atoms with Crippen LogP contribution in [0.4, 0.5) is 0 Å². The largest absolute Gasteiger partial charge is 0.381 e. The Hall–Kier alpha value is -0.0900. The molecule has 1 heterocycles. The molecule has 1 saturated heterocycles. The number of aliphatic imine (C=N–C) groups is 1. The van der Waals surface area contributed by atoms with Crippen molar-refractivity contribution in [3.63, 3.8) is 0 Å². The highest BCUT2D eigenvalue weighted by Gasteiger charge is 2.42. The fourth-order valence-corrected chi connectivity index (χ4v) is 4.28. The smallest absolute Gasteiger partial charge is 0.191 e. The van der Waals surface area contributed by atoms with Crippen molar-refractivity contribution in [1.82, 2.24) is 10.6 Å². The van der Waals surface area contributed by atoms with Crippen molar-refractivity contribution < 1.29 is 13.2 Å². The first-order valence-corrected chi connectivity index (χ1v) is 11.4. The lowest BCUT2D eigenvalue weighted by Crippen LogP contribution is -2.48. The van der Waals surface area contributed by atoms with Crippen LogP contribution in [-0.4, -0.2) is 57.7 Å². The molecule has 0 aromatic rings.